The number of hydrogen-bond donors (Lipinski definition) is 5. The fourth-order valence-electron chi connectivity index (χ4n) is 15.9. The second-order valence-electron chi connectivity index (χ2n) is 39.2. The van der Waals surface area contributed by atoms with Crippen molar-refractivity contribution < 1.29 is 114 Å². The van der Waals surface area contributed by atoms with Crippen molar-refractivity contribution in [3.8, 4) is 43.9 Å². The van der Waals surface area contributed by atoms with Crippen LogP contribution in [0.4, 0.5) is 27.4 Å². The van der Waals surface area contributed by atoms with Gasteiger partial charge in [0.15, 0.2) is 34.6 Å². The number of ketones is 2. The minimum Gasteiger partial charge on any atom is -0.493 e. The van der Waals surface area contributed by atoms with Crippen LogP contribution in [-0.2, 0) is 98.5 Å². The third-order valence-corrected chi connectivity index (χ3v) is 25.7. The minimum atomic E-state index is -1.00. The Kier molecular flexibility index (Phi) is 49.9. The number of ether oxygens (including phenoxy) is 16. The first kappa shape index (κ1) is 122. The Morgan fingerprint density at radius 2 is 0.859 bits per heavy atom. The van der Waals surface area contributed by atoms with Gasteiger partial charge in [-0.3, -0.25) is 24.0 Å². The molecule has 2 aliphatic rings. The Bertz CT molecular complexity index is 5850. The molecule has 0 saturated carbocycles. The quantitative estimate of drug-likeness (QED) is 0.0221. The molecule has 814 valence electrons. The van der Waals surface area contributed by atoms with Crippen molar-refractivity contribution >= 4 is 126 Å². The van der Waals surface area contributed by atoms with E-state index in [-0.39, 0.29) is 112 Å². The number of carbonyl (C=O) groups is 6. The number of nitrogens with zero attached hydrogens (tertiary/aromatic N) is 8. The van der Waals surface area contributed by atoms with Crippen molar-refractivity contribution in [2.45, 2.75) is 190 Å². The van der Waals surface area contributed by atoms with Crippen LogP contribution in [0.2, 0.25) is 10.0 Å². The molecule has 0 bridgehead atoms. The van der Waals surface area contributed by atoms with Gasteiger partial charge >= 0.3 is 5.97 Å². The maximum atomic E-state index is 14.4. The number of methoxy groups -OCH3 is 2. The van der Waals surface area contributed by atoms with Gasteiger partial charge in [-0.2, -0.15) is 0 Å². The number of Topliss-reactive ketones (excluding diaryl/α,β-unsaturated/α-hetero) is 2. The van der Waals surface area contributed by atoms with Crippen molar-refractivity contribution in [2.24, 2.45) is 16.6 Å². The van der Waals surface area contributed by atoms with Gasteiger partial charge in [0.2, 0.25) is 17.7 Å². The van der Waals surface area contributed by atoms with Crippen LogP contribution in [0.25, 0.3) is 42.7 Å². The second-order valence-corrected chi connectivity index (χ2v) is 41.8. The molecule has 3 amide bonds. The second kappa shape index (κ2) is 61.1. The van der Waals surface area contributed by atoms with E-state index in [0.29, 0.717) is 206 Å². The molecule has 0 aliphatic carbocycles. The Morgan fingerprint density at radius 1 is 0.470 bits per heavy atom. The van der Waals surface area contributed by atoms with E-state index >= 15 is 0 Å². The number of likely N-dealkylation sites (tertiary alicyclic amines) is 2. The molecule has 2 fully saturated rings. The first-order valence-corrected chi connectivity index (χ1v) is 51.9. The lowest BCUT2D eigenvalue weighted by atomic mass is 9.85. The van der Waals surface area contributed by atoms with E-state index in [0.717, 1.165) is 49.6 Å². The maximum Gasteiger partial charge on any atom is 0.329 e. The molecule has 6 N–H and O–H groups in total. The third kappa shape index (κ3) is 40.8. The van der Waals surface area contributed by atoms with Gasteiger partial charge in [-0.15, -0.1) is 22.7 Å². The van der Waals surface area contributed by atoms with Gasteiger partial charge in [-0.1, -0.05) is 127 Å². The molecule has 149 heavy (non-hydrogen) atoms. The highest BCUT2D eigenvalue weighted by Gasteiger charge is 2.47. The molecule has 6 aromatic carbocycles. The lowest BCUT2D eigenvalue weighted by molar-refractivity contribution is -0.144. The number of carboxylic acid groups (broad SMARTS) is 1. The Morgan fingerprint density at radius 3 is 1.22 bits per heavy atom. The van der Waals surface area contributed by atoms with Crippen LogP contribution in [-0.4, -0.2) is 300 Å². The predicted molar refractivity (Wildman–Crippen MR) is 575 cm³/mol. The summed E-state index contributed by atoms with van der Waals surface area (Å²) in [5.41, 5.74) is 17.2. The van der Waals surface area contributed by atoms with Crippen LogP contribution in [0.3, 0.4) is 0 Å². The number of rotatable bonds is 57. The summed E-state index contributed by atoms with van der Waals surface area (Å²) >= 11 is 15.3. The summed E-state index contributed by atoms with van der Waals surface area (Å²) in [7, 11) is 3.12. The zero-order chi connectivity index (χ0) is 107. The van der Waals surface area contributed by atoms with Crippen molar-refractivity contribution in [1.82, 2.24) is 45.0 Å². The number of thiazole rings is 2. The molecular weight excluding hydrogens is 2000 g/mol. The number of aryl methyl sites for hydroxylation is 4. The van der Waals surface area contributed by atoms with E-state index in [1.807, 2.05) is 144 Å². The summed E-state index contributed by atoms with van der Waals surface area (Å²) in [5.74, 6) is 0.744. The molecule has 0 spiro atoms. The number of fused-ring (bicyclic) bond motifs is 2. The highest BCUT2D eigenvalue weighted by molar-refractivity contribution is 7.13. The number of benzene rings is 6. The summed E-state index contributed by atoms with van der Waals surface area (Å²) in [5, 5.41) is 19.8. The van der Waals surface area contributed by atoms with Crippen LogP contribution < -0.4 is 40.6 Å². The average molecular weight is 2150 g/mol. The molecule has 35 nitrogen and oxygen atoms in total. The monoisotopic (exact) mass is 2140 g/mol. The molecule has 40 heteroatoms. The largest absolute Gasteiger partial charge is 0.493 e. The van der Waals surface area contributed by atoms with Crippen molar-refractivity contribution in [3.05, 3.63) is 177 Å². The lowest BCUT2D eigenvalue weighted by Crippen LogP contribution is -2.57. The number of amides is 3. The van der Waals surface area contributed by atoms with E-state index in [9.17, 15) is 33.2 Å². The number of aromatic nitrogens is 6. The van der Waals surface area contributed by atoms with Gasteiger partial charge in [0.05, 0.1) is 223 Å². The molecular formula is C109H147Cl2FN12O23S2. The third-order valence-electron chi connectivity index (χ3n) is 23.3. The summed E-state index contributed by atoms with van der Waals surface area (Å²) in [4.78, 5) is 110. The van der Waals surface area contributed by atoms with Gasteiger partial charge in [0.25, 0.3) is 0 Å². The normalized spacial score (nSPS) is 15.1. The number of anilines is 4. The number of hydrogen-bond acceptors (Lipinski definition) is 33. The Balaban J connectivity index is 0.000000275. The van der Waals surface area contributed by atoms with E-state index < -0.39 is 52.9 Å². The summed E-state index contributed by atoms with van der Waals surface area (Å²) < 4.78 is 104. The first-order valence-electron chi connectivity index (χ1n) is 49.4. The summed E-state index contributed by atoms with van der Waals surface area (Å²) in [6.45, 7) is 34.2. The highest BCUT2D eigenvalue weighted by Crippen LogP contribution is 2.40. The molecule has 0 unspecified atom stereocenters. The molecule has 4 aromatic heterocycles. The number of aliphatic carboxylic acids is 1. The first-order chi connectivity index (χ1) is 70.7. The van der Waals surface area contributed by atoms with Gasteiger partial charge < -0.3 is 112 Å². The number of carboxylic acids is 1. The average Bonchev–Trinajstić information content (AvgIpc) is 1.65. The van der Waals surface area contributed by atoms with Crippen LogP contribution in [0.5, 0.6) is 23.0 Å². The van der Waals surface area contributed by atoms with Gasteiger partial charge in [0, 0.05) is 78.1 Å². The zero-order valence-electron chi connectivity index (χ0n) is 87.5. The van der Waals surface area contributed by atoms with Crippen LogP contribution >= 0.6 is 45.9 Å². The van der Waals surface area contributed by atoms with E-state index in [1.165, 1.54) is 29.7 Å². The maximum absolute atomic E-state index is 14.4. The molecule has 12 rings (SSSR count). The van der Waals surface area contributed by atoms with Gasteiger partial charge in [-0.05, 0) is 150 Å². The molecule has 2 aliphatic heterocycles. The van der Waals surface area contributed by atoms with E-state index in [1.54, 1.807) is 77.0 Å². The number of nitrogens with one attached hydrogen (secondary N) is 3. The minimum absolute atomic E-state index is 0. The van der Waals surface area contributed by atoms with E-state index in [4.69, 9.17) is 110 Å². The number of nitrogens with two attached hydrogens (primary N) is 1. The number of halogens is 3. The Labute approximate surface area is 891 Å². The van der Waals surface area contributed by atoms with Crippen LogP contribution in [0.15, 0.2) is 139 Å². The summed E-state index contributed by atoms with van der Waals surface area (Å²) in [6.07, 6.45) is 5.10. The SMILES string of the molecule is C.COc1cc2ncnc(Nc3ccc(F)c(Cl)c3)c2cc1OCCOCCOCCOCCOCCOCC(=O)N[C@H](C(=O)N1C[C@H](OC(C)(C)C)C[C@H]1C(=O)CCc1ccc(-c2scnc2C)cc1)C(C)(C)C.COc1cc2ncnc(Nc3cccc(Cl)c3)c2cc1OCCOCCOCCOCCOCCOCC(=O)O.Cc1ncsc1-c1ccc(CCC(=O)[C@@H]2C[C@@H](OC(C)(C)C)CN2C(=O)[C@@H](N)C(C)(C)C)cc1. The fraction of sp³-hybridized carbons (Fsp3) is 0.523. The topological polar surface area (TPSA) is 416 Å². The van der Waals surface area contributed by atoms with Crippen molar-refractivity contribution in [2.75, 3.05) is 183 Å². The summed E-state index contributed by atoms with van der Waals surface area (Å²) in [6, 6.07) is 32.6. The van der Waals surface area contributed by atoms with Gasteiger partial charge in [-0.25, -0.2) is 39.1 Å². The molecule has 6 heterocycles. The van der Waals surface area contributed by atoms with E-state index in [2.05, 4.69) is 82.3 Å². The standard InChI is InChI=1S/C54H70ClFN6O11S.C27H34ClN3O9.C27H39N3O3S.CH4/c1-35-49(74-34-59-35)37-12-9-36(10-13-37)11-16-45(63)44-28-39(73-54(5,6)7)31-62(44)52(65)50(53(2,3)4)61-48(64)32-71-24-23-69-20-19-67-17-18-68-21-22-70-25-26-72-47-29-40-43(30-46(47)66-8)57-33-58-51(40)60-38-14-15-42(56)41(55)27-38;1-34-24-17-23-22(27(30-19-29-23)31-21-4-2-3-20(28)15-21)16-25(24)40-14-13-38-10-9-36-6-5-35-7-8-37-11-12-39-18-26(32)33;1-17-23(34-16-29-17)19-11-8-18(9-12-19)10-13-22(31)21-14-20(33-27(5,6)7)15-30(21)25(32)24(28)26(2,3)4;/h9-10,12-15,27,29-30,33-34,39,44,50H,11,16-26,28,31-32H2,1-8H3,(H,61,64)(H,57,58,60);2-4,15-17,19H,5-14,18H2,1H3,(H,32,33)(H,29,30,31);8-9,11-12,16,20-21,24H,10,13-15,28H2,1-7H3;1H4/t39-,44+,50-;;20-,21+,24-;/m1.1./s1. The highest BCUT2D eigenvalue weighted by atomic mass is 35.5. The fourth-order valence-corrected chi connectivity index (χ4v) is 17.9. The molecule has 0 radical (unpaired) electrons. The van der Waals surface area contributed by atoms with Crippen molar-refractivity contribution in [3.63, 3.8) is 0 Å². The lowest BCUT2D eigenvalue weighted by Gasteiger charge is -2.35. The smallest absolute Gasteiger partial charge is 0.329 e. The number of carbonyl (C=O) groups excluding carboxylic acids is 5. The van der Waals surface area contributed by atoms with Crippen LogP contribution in [0.1, 0.15) is 139 Å². The predicted octanol–water partition coefficient (Wildman–Crippen LogP) is 17.6. The van der Waals surface area contributed by atoms with Gasteiger partial charge in [0.1, 0.15) is 62.6 Å². The Hall–Kier alpha value is -10.7. The molecule has 10 aromatic rings. The van der Waals surface area contributed by atoms with Crippen molar-refractivity contribution in [1.29, 1.82) is 0 Å². The molecule has 6 atom stereocenters. The van der Waals surface area contributed by atoms with Crippen LogP contribution in [0, 0.1) is 30.5 Å². The zero-order valence-corrected chi connectivity index (χ0v) is 90.6. The molecule has 2 saturated heterocycles.